The molecule has 3 rings (SSSR count). The van der Waals surface area contributed by atoms with Crippen LogP contribution in [0, 0.1) is 5.92 Å². The fourth-order valence-corrected chi connectivity index (χ4v) is 3.70. The first-order valence-electron chi connectivity index (χ1n) is 9.49. The van der Waals surface area contributed by atoms with E-state index in [9.17, 15) is 9.59 Å². The van der Waals surface area contributed by atoms with Crippen molar-refractivity contribution in [3.63, 3.8) is 0 Å². The number of nitrogens with zero attached hydrogens (tertiary/aromatic N) is 2. The number of rotatable bonds is 5. The molecule has 1 aromatic rings. The second-order valence-corrected chi connectivity index (χ2v) is 7.03. The zero-order valence-electron chi connectivity index (χ0n) is 14.9. The van der Waals surface area contributed by atoms with E-state index in [1.165, 1.54) is 5.56 Å². The average molecular weight is 340 g/mol. The summed E-state index contributed by atoms with van der Waals surface area (Å²) < 4.78 is 0. The van der Waals surface area contributed by atoms with Crippen molar-refractivity contribution >= 4 is 11.8 Å². The minimum Gasteiger partial charge on any atom is -0.339 e. The molecule has 2 amide bonds. The third-order valence-corrected chi connectivity index (χ3v) is 5.26. The maximum atomic E-state index is 12.5. The number of piperazine rings is 1. The minimum atomic E-state index is 0.151. The summed E-state index contributed by atoms with van der Waals surface area (Å²) in [4.78, 5) is 28.8. The molecule has 2 aliphatic rings. The highest BCUT2D eigenvalue weighted by atomic mass is 16.2. The second-order valence-electron chi connectivity index (χ2n) is 7.03. The predicted molar refractivity (Wildman–Crippen MR) is 99.0 cm³/mol. The SMILES string of the molecule is O=C(CCCc1ccccc1)N1CCN(C(=O)[C@@H]2CC=CCC2)CC1. The zero-order chi connectivity index (χ0) is 17.5. The number of hydrogen-bond acceptors (Lipinski definition) is 2. The van der Waals surface area contributed by atoms with Gasteiger partial charge >= 0.3 is 0 Å². The van der Waals surface area contributed by atoms with E-state index in [1.807, 2.05) is 28.0 Å². The molecule has 0 spiro atoms. The van der Waals surface area contributed by atoms with E-state index in [1.54, 1.807) is 0 Å². The smallest absolute Gasteiger partial charge is 0.226 e. The Morgan fingerprint density at radius 1 is 0.960 bits per heavy atom. The fourth-order valence-electron chi connectivity index (χ4n) is 3.70. The Hall–Kier alpha value is -2.10. The Balaban J connectivity index is 1.38. The van der Waals surface area contributed by atoms with E-state index in [0.717, 1.165) is 32.1 Å². The lowest BCUT2D eigenvalue weighted by Gasteiger charge is -2.36. The van der Waals surface area contributed by atoms with Gasteiger partial charge in [0.1, 0.15) is 0 Å². The van der Waals surface area contributed by atoms with Gasteiger partial charge in [-0.15, -0.1) is 0 Å². The Morgan fingerprint density at radius 3 is 2.36 bits per heavy atom. The van der Waals surface area contributed by atoms with E-state index >= 15 is 0 Å². The summed E-state index contributed by atoms with van der Waals surface area (Å²) in [6.45, 7) is 2.73. The minimum absolute atomic E-state index is 0.151. The summed E-state index contributed by atoms with van der Waals surface area (Å²) in [5, 5.41) is 0. The van der Waals surface area contributed by atoms with Gasteiger partial charge in [-0.25, -0.2) is 0 Å². The highest BCUT2D eigenvalue weighted by Crippen LogP contribution is 2.21. The summed E-state index contributed by atoms with van der Waals surface area (Å²) in [5.41, 5.74) is 1.28. The monoisotopic (exact) mass is 340 g/mol. The van der Waals surface area contributed by atoms with Gasteiger partial charge in [0.25, 0.3) is 0 Å². The third kappa shape index (κ3) is 4.94. The molecule has 1 aromatic carbocycles. The molecule has 4 heteroatoms. The second kappa shape index (κ2) is 8.84. The number of amides is 2. The molecule has 4 nitrogen and oxygen atoms in total. The van der Waals surface area contributed by atoms with E-state index in [2.05, 4.69) is 24.3 Å². The van der Waals surface area contributed by atoms with Crippen LogP contribution in [-0.2, 0) is 16.0 Å². The average Bonchev–Trinajstić information content (AvgIpc) is 2.69. The Labute approximate surface area is 150 Å². The molecule has 0 aromatic heterocycles. The molecule has 1 saturated heterocycles. The lowest BCUT2D eigenvalue weighted by Crippen LogP contribution is -2.52. The van der Waals surface area contributed by atoms with Gasteiger partial charge in [-0.3, -0.25) is 9.59 Å². The topological polar surface area (TPSA) is 40.6 Å². The van der Waals surface area contributed by atoms with Gasteiger partial charge in [-0.2, -0.15) is 0 Å². The molecule has 25 heavy (non-hydrogen) atoms. The molecule has 1 heterocycles. The lowest BCUT2D eigenvalue weighted by atomic mass is 9.93. The van der Waals surface area contributed by atoms with E-state index in [4.69, 9.17) is 0 Å². The van der Waals surface area contributed by atoms with Crippen molar-refractivity contribution < 1.29 is 9.59 Å². The number of benzene rings is 1. The van der Waals surface area contributed by atoms with Gasteiger partial charge in [0, 0.05) is 38.5 Å². The number of hydrogen-bond donors (Lipinski definition) is 0. The van der Waals surface area contributed by atoms with Crippen LogP contribution in [-0.4, -0.2) is 47.8 Å². The van der Waals surface area contributed by atoms with Crippen LogP contribution in [0.5, 0.6) is 0 Å². The molecule has 1 aliphatic heterocycles. The van der Waals surface area contributed by atoms with Crippen LogP contribution in [0.4, 0.5) is 0 Å². The van der Waals surface area contributed by atoms with E-state index in [-0.39, 0.29) is 17.7 Å². The van der Waals surface area contributed by atoms with E-state index in [0.29, 0.717) is 32.6 Å². The molecule has 1 fully saturated rings. The predicted octanol–water partition coefficient (Wildman–Crippen LogP) is 3.04. The van der Waals surface area contributed by atoms with Crippen LogP contribution in [0.15, 0.2) is 42.5 Å². The highest BCUT2D eigenvalue weighted by molar-refractivity contribution is 5.80. The highest BCUT2D eigenvalue weighted by Gasteiger charge is 2.28. The van der Waals surface area contributed by atoms with E-state index < -0.39 is 0 Å². The van der Waals surface area contributed by atoms with Crippen LogP contribution >= 0.6 is 0 Å². The number of allylic oxidation sites excluding steroid dienone is 2. The van der Waals surface area contributed by atoms with Crippen LogP contribution in [0.1, 0.15) is 37.7 Å². The van der Waals surface area contributed by atoms with Crippen molar-refractivity contribution in [3.8, 4) is 0 Å². The standard InChI is InChI=1S/C21H28N2O2/c24-20(13-7-10-18-8-3-1-4-9-18)22-14-16-23(17-15-22)21(25)19-11-5-2-6-12-19/h1-5,8-9,19H,6-7,10-17H2/t19-/m1/s1. The molecule has 0 saturated carbocycles. The Bertz CT molecular complexity index is 604. The maximum absolute atomic E-state index is 12.5. The molecular formula is C21H28N2O2. The molecular weight excluding hydrogens is 312 g/mol. The number of carbonyl (C=O) groups is 2. The molecule has 0 radical (unpaired) electrons. The maximum Gasteiger partial charge on any atom is 0.226 e. The fraction of sp³-hybridized carbons (Fsp3) is 0.524. The van der Waals surface area contributed by atoms with Gasteiger partial charge in [-0.05, 0) is 37.7 Å². The first-order chi connectivity index (χ1) is 12.2. The summed E-state index contributed by atoms with van der Waals surface area (Å²) in [6.07, 6.45) is 9.56. The van der Waals surface area contributed by atoms with Crippen molar-refractivity contribution in [2.45, 2.75) is 38.5 Å². The van der Waals surface area contributed by atoms with Crippen molar-refractivity contribution in [2.24, 2.45) is 5.92 Å². The van der Waals surface area contributed by atoms with Crippen molar-refractivity contribution in [1.82, 2.24) is 9.80 Å². The molecule has 1 atom stereocenters. The van der Waals surface area contributed by atoms with Crippen LogP contribution in [0.2, 0.25) is 0 Å². The first kappa shape index (κ1) is 17.7. The summed E-state index contributed by atoms with van der Waals surface area (Å²) in [5.74, 6) is 0.655. The lowest BCUT2D eigenvalue weighted by molar-refractivity contribution is -0.142. The third-order valence-electron chi connectivity index (χ3n) is 5.26. The van der Waals surface area contributed by atoms with Crippen LogP contribution < -0.4 is 0 Å². The summed E-state index contributed by atoms with van der Waals surface area (Å²) in [6, 6.07) is 10.3. The van der Waals surface area contributed by atoms with Gasteiger partial charge < -0.3 is 9.80 Å². The van der Waals surface area contributed by atoms with Crippen molar-refractivity contribution in [2.75, 3.05) is 26.2 Å². The Kier molecular flexibility index (Phi) is 6.26. The number of aryl methyl sites for hydroxylation is 1. The van der Waals surface area contributed by atoms with Crippen LogP contribution in [0.25, 0.3) is 0 Å². The van der Waals surface area contributed by atoms with Gasteiger partial charge in [0.2, 0.25) is 11.8 Å². The molecule has 0 unspecified atom stereocenters. The Morgan fingerprint density at radius 2 is 1.68 bits per heavy atom. The molecule has 1 aliphatic carbocycles. The largest absolute Gasteiger partial charge is 0.339 e. The van der Waals surface area contributed by atoms with Crippen molar-refractivity contribution in [1.29, 1.82) is 0 Å². The van der Waals surface area contributed by atoms with Gasteiger partial charge in [-0.1, -0.05) is 42.5 Å². The molecule has 0 bridgehead atoms. The summed E-state index contributed by atoms with van der Waals surface area (Å²) >= 11 is 0. The quantitative estimate of drug-likeness (QED) is 0.773. The summed E-state index contributed by atoms with van der Waals surface area (Å²) in [7, 11) is 0. The molecule has 134 valence electrons. The normalized spacial score (nSPS) is 20.6. The van der Waals surface area contributed by atoms with Crippen molar-refractivity contribution in [3.05, 3.63) is 48.0 Å². The molecule has 0 N–H and O–H groups in total. The number of carbonyl (C=O) groups excluding carboxylic acids is 2. The van der Waals surface area contributed by atoms with Gasteiger partial charge in [0.05, 0.1) is 0 Å². The van der Waals surface area contributed by atoms with Crippen LogP contribution in [0.3, 0.4) is 0 Å². The van der Waals surface area contributed by atoms with Gasteiger partial charge in [0.15, 0.2) is 0 Å². The first-order valence-corrected chi connectivity index (χ1v) is 9.49. The zero-order valence-corrected chi connectivity index (χ0v) is 14.9.